The van der Waals surface area contributed by atoms with E-state index in [0.717, 1.165) is 24.8 Å². The molecule has 0 saturated heterocycles. The van der Waals surface area contributed by atoms with E-state index in [4.69, 9.17) is 0 Å². The number of aliphatic hydroxyl groups is 1. The van der Waals surface area contributed by atoms with Gasteiger partial charge in [0.1, 0.15) is 5.76 Å². The molecule has 0 saturated carbocycles. The van der Waals surface area contributed by atoms with Crippen LogP contribution in [-0.2, 0) is 0 Å². The molecule has 0 aliphatic heterocycles. The van der Waals surface area contributed by atoms with Crippen molar-refractivity contribution in [2.24, 2.45) is 17.3 Å². The van der Waals surface area contributed by atoms with Crippen LogP contribution in [0, 0.1) is 17.3 Å². The molecule has 3 atom stereocenters. The molecule has 1 heteroatoms. The third-order valence-corrected chi connectivity index (χ3v) is 4.50. The molecule has 0 spiro atoms. The van der Waals surface area contributed by atoms with Gasteiger partial charge in [0, 0.05) is 5.41 Å². The van der Waals surface area contributed by atoms with Crippen molar-refractivity contribution < 1.29 is 5.11 Å². The molecule has 1 N–H and O–H groups in total. The Hall–Kier alpha value is -0.720. The molecule has 1 aliphatic rings. The topological polar surface area (TPSA) is 20.2 Å². The molecule has 3 unspecified atom stereocenters. The van der Waals surface area contributed by atoms with Crippen LogP contribution in [-0.4, -0.2) is 5.11 Å². The minimum Gasteiger partial charge on any atom is -0.511 e. The van der Waals surface area contributed by atoms with E-state index >= 15 is 0 Å². The summed E-state index contributed by atoms with van der Waals surface area (Å²) in [6, 6.07) is 0. The molecule has 0 aromatic rings. The summed E-state index contributed by atoms with van der Waals surface area (Å²) in [6.07, 6.45) is 7.51. The fraction of sp³-hybridized carbons (Fsp3) is 0.733. The molecule has 16 heavy (non-hydrogen) atoms. The number of aliphatic hydroxyl groups excluding tert-OH is 1. The maximum absolute atomic E-state index is 10.5. The van der Waals surface area contributed by atoms with Crippen molar-refractivity contribution in [2.75, 3.05) is 0 Å². The van der Waals surface area contributed by atoms with E-state index in [1.807, 2.05) is 0 Å². The van der Waals surface area contributed by atoms with Crippen molar-refractivity contribution >= 4 is 0 Å². The molecule has 0 bridgehead atoms. The minimum absolute atomic E-state index is 0.0533. The molecule has 0 amide bonds. The van der Waals surface area contributed by atoms with Crippen LogP contribution >= 0.6 is 0 Å². The molecular weight excluding hydrogens is 196 g/mol. The maximum atomic E-state index is 10.5. The second-order valence-electron chi connectivity index (χ2n) is 5.45. The number of rotatable bonds is 4. The number of hydrogen-bond donors (Lipinski definition) is 1. The standard InChI is InChI=1S/C15H26O/c1-6-11(3)13-9-8-10-15(5,14(13)16)12(4)7-2/h8-9,11-12,16H,6-7,10H2,1-5H3. The highest BCUT2D eigenvalue weighted by molar-refractivity contribution is 5.32. The molecular formula is C15H26O. The van der Waals surface area contributed by atoms with Crippen LogP contribution in [0.25, 0.3) is 0 Å². The van der Waals surface area contributed by atoms with E-state index in [2.05, 4.69) is 46.8 Å². The molecule has 1 nitrogen and oxygen atoms in total. The lowest BCUT2D eigenvalue weighted by Crippen LogP contribution is -2.30. The minimum atomic E-state index is -0.0533. The average Bonchev–Trinajstić information content (AvgIpc) is 2.30. The Morgan fingerprint density at radius 2 is 1.94 bits per heavy atom. The Kier molecular flexibility index (Phi) is 4.23. The van der Waals surface area contributed by atoms with Crippen LogP contribution in [0.1, 0.15) is 53.9 Å². The molecule has 1 rings (SSSR count). The van der Waals surface area contributed by atoms with Gasteiger partial charge in [0.05, 0.1) is 0 Å². The van der Waals surface area contributed by atoms with Crippen molar-refractivity contribution in [2.45, 2.75) is 53.9 Å². The zero-order valence-electron chi connectivity index (χ0n) is 11.4. The Labute approximate surface area is 100 Å². The van der Waals surface area contributed by atoms with Crippen LogP contribution in [0.2, 0.25) is 0 Å². The Bertz CT molecular complexity index is 301. The molecule has 0 aromatic heterocycles. The highest BCUT2D eigenvalue weighted by Crippen LogP contribution is 2.45. The molecule has 0 heterocycles. The van der Waals surface area contributed by atoms with Crippen LogP contribution in [0.4, 0.5) is 0 Å². The third kappa shape index (κ3) is 2.18. The van der Waals surface area contributed by atoms with Crippen molar-refractivity contribution in [3.8, 4) is 0 Å². The highest BCUT2D eigenvalue weighted by Gasteiger charge is 2.37. The summed E-state index contributed by atoms with van der Waals surface area (Å²) in [5, 5.41) is 10.5. The van der Waals surface area contributed by atoms with E-state index in [-0.39, 0.29) is 5.41 Å². The SMILES string of the molecule is CCC(C)C1=C(O)C(C)(C(C)CC)CC=C1. The first kappa shape index (κ1) is 13.3. The molecule has 1 aliphatic carbocycles. The van der Waals surface area contributed by atoms with E-state index in [9.17, 15) is 5.11 Å². The second-order valence-corrected chi connectivity index (χ2v) is 5.45. The summed E-state index contributed by atoms with van der Waals surface area (Å²) >= 11 is 0. The normalized spacial score (nSPS) is 29.3. The summed E-state index contributed by atoms with van der Waals surface area (Å²) in [6.45, 7) is 11.0. The summed E-state index contributed by atoms with van der Waals surface area (Å²) in [4.78, 5) is 0. The van der Waals surface area contributed by atoms with Gasteiger partial charge in [-0.05, 0) is 30.3 Å². The number of hydrogen-bond acceptors (Lipinski definition) is 1. The van der Waals surface area contributed by atoms with E-state index in [0.29, 0.717) is 17.6 Å². The van der Waals surface area contributed by atoms with Crippen molar-refractivity contribution in [3.05, 3.63) is 23.5 Å². The second kappa shape index (κ2) is 5.07. The lowest BCUT2D eigenvalue weighted by Gasteiger charge is -2.38. The highest BCUT2D eigenvalue weighted by atomic mass is 16.3. The van der Waals surface area contributed by atoms with Gasteiger partial charge >= 0.3 is 0 Å². The van der Waals surface area contributed by atoms with Gasteiger partial charge in [0.15, 0.2) is 0 Å². The molecule has 0 fully saturated rings. The van der Waals surface area contributed by atoms with Gasteiger partial charge in [0.2, 0.25) is 0 Å². The molecule has 0 radical (unpaired) electrons. The summed E-state index contributed by atoms with van der Waals surface area (Å²) in [7, 11) is 0. The first-order valence-electron chi connectivity index (χ1n) is 6.57. The van der Waals surface area contributed by atoms with Gasteiger partial charge in [-0.3, -0.25) is 0 Å². The van der Waals surface area contributed by atoms with Crippen molar-refractivity contribution in [1.82, 2.24) is 0 Å². The quantitative estimate of drug-likeness (QED) is 0.720. The monoisotopic (exact) mass is 222 g/mol. The predicted octanol–water partition coefficient (Wildman–Crippen LogP) is 4.86. The van der Waals surface area contributed by atoms with E-state index < -0.39 is 0 Å². The number of allylic oxidation sites excluding steroid dienone is 4. The van der Waals surface area contributed by atoms with Gasteiger partial charge < -0.3 is 5.11 Å². The Balaban J connectivity index is 3.08. The smallest absolute Gasteiger partial charge is 0.102 e. The first-order valence-corrected chi connectivity index (χ1v) is 6.57. The van der Waals surface area contributed by atoms with Gasteiger partial charge in [-0.2, -0.15) is 0 Å². The lowest BCUT2D eigenvalue weighted by molar-refractivity contribution is 0.153. The largest absolute Gasteiger partial charge is 0.511 e. The van der Waals surface area contributed by atoms with Gasteiger partial charge in [-0.25, -0.2) is 0 Å². The van der Waals surface area contributed by atoms with Crippen LogP contribution in [0.15, 0.2) is 23.5 Å². The molecule has 92 valence electrons. The predicted molar refractivity (Wildman–Crippen MR) is 70.4 cm³/mol. The Morgan fingerprint density at radius 3 is 2.44 bits per heavy atom. The summed E-state index contributed by atoms with van der Waals surface area (Å²) in [5.41, 5.74) is 1.10. The van der Waals surface area contributed by atoms with Crippen LogP contribution < -0.4 is 0 Å². The van der Waals surface area contributed by atoms with Crippen molar-refractivity contribution in [1.29, 1.82) is 0 Å². The van der Waals surface area contributed by atoms with E-state index in [1.165, 1.54) is 0 Å². The zero-order chi connectivity index (χ0) is 12.3. The van der Waals surface area contributed by atoms with Crippen LogP contribution in [0.5, 0.6) is 0 Å². The average molecular weight is 222 g/mol. The Morgan fingerprint density at radius 1 is 1.31 bits per heavy atom. The maximum Gasteiger partial charge on any atom is 0.102 e. The fourth-order valence-electron chi connectivity index (χ4n) is 2.44. The van der Waals surface area contributed by atoms with E-state index in [1.54, 1.807) is 0 Å². The zero-order valence-corrected chi connectivity index (χ0v) is 11.4. The van der Waals surface area contributed by atoms with Crippen LogP contribution in [0.3, 0.4) is 0 Å². The van der Waals surface area contributed by atoms with Gasteiger partial charge in [0.25, 0.3) is 0 Å². The third-order valence-electron chi connectivity index (χ3n) is 4.50. The van der Waals surface area contributed by atoms with Gasteiger partial charge in [-0.1, -0.05) is 53.2 Å². The summed E-state index contributed by atoms with van der Waals surface area (Å²) < 4.78 is 0. The fourth-order valence-corrected chi connectivity index (χ4v) is 2.44. The van der Waals surface area contributed by atoms with Crippen molar-refractivity contribution in [3.63, 3.8) is 0 Å². The molecule has 0 aromatic carbocycles. The first-order chi connectivity index (χ1) is 7.47. The van der Waals surface area contributed by atoms with Gasteiger partial charge in [-0.15, -0.1) is 0 Å². The summed E-state index contributed by atoms with van der Waals surface area (Å²) in [5.74, 6) is 1.62. The lowest BCUT2D eigenvalue weighted by atomic mass is 9.68.